The van der Waals surface area contributed by atoms with Gasteiger partial charge in [0.25, 0.3) is 0 Å². The Morgan fingerprint density at radius 2 is 2.10 bits per heavy atom. The van der Waals surface area contributed by atoms with E-state index < -0.39 is 18.1 Å². The third-order valence-electron chi connectivity index (χ3n) is 3.52. The van der Waals surface area contributed by atoms with E-state index in [0.29, 0.717) is 18.0 Å². The van der Waals surface area contributed by atoms with Crippen LogP contribution in [0.25, 0.3) is 0 Å². The maximum Gasteiger partial charge on any atom is 0.410 e. The average Bonchev–Trinajstić information content (AvgIpc) is 2.53. The fraction of sp³-hybridized carbons (Fsp3) is 0.467. The number of methoxy groups -OCH3 is 1. The molecule has 0 N–H and O–H groups in total. The zero-order valence-electron chi connectivity index (χ0n) is 11.9. The molecule has 0 spiro atoms. The van der Waals surface area contributed by atoms with E-state index in [9.17, 15) is 9.59 Å². The first kappa shape index (κ1) is 15.6. The van der Waals surface area contributed by atoms with Gasteiger partial charge in [0.15, 0.2) is 0 Å². The Hall–Kier alpha value is -1.75. The predicted octanol–water partition coefficient (Wildman–Crippen LogP) is 3.00. The number of ether oxygens (including phenoxy) is 2. The zero-order chi connectivity index (χ0) is 15.2. The van der Waals surface area contributed by atoms with E-state index >= 15 is 0 Å². The summed E-state index contributed by atoms with van der Waals surface area (Å²) in [6.07, 6.45) is 1.85. The van der Waals surface area contributed by atoms with Gasteiger partial charge in [-0.25, -0.2) is 9.59 Å². The van der Waals surface area contributed by atoms with Crippen LogP contribution in [-0.4, -0.2) is 36.7 Å². The van der Waals surface area contributed by atoms with Crippen LogP contribution in [0.15, 0.2) is 24.3 Å². The topological polar surface area (TPSA) is 55.8 Å². The number of carbonyl (C=O) groups is 2. The zero-order valence-corrected chi connectivity index (χ0v) is 12.6. The van der Waals surface area contributed by atoms with Gasteiger partial charge >= 0.3 is 12.1 Å². The molecule has 0 bridgehead atoms. The number of rotatable bonds is 3. The molecule has 0 aromatic heterocycles. The van der Waals surface area contributed by atoms with E-state index in [2.05, 4.69) is 0 Å². The van der Waals surface area contributed by atoms with Crippen molar-refractivity contribution in [2.24, 2.45) is 0 Å². The summed E-state index contributed by atoms with van der Waals surface area (Å²) in [7, 11) is 1.32. The minimum Gasteiger partial charge on any atom is -0.467 e. The SMILES string of the molecule is COC(=O)[C@@H]1CCCCN1C(=O)OCc1ccccc1Cl. The molecule has 5 nitrogen and oxygen atoms in total. The molecule has 114 valence electrons. The summed E-state index contributed by atoms with van der Waals surface area (Å²) in [5.41, 5.74) is 0.735. The maximum atomic E-state index is 12.2. The normalized spacial score (nSPS) is 18.2. The van der Waals surface area contributed by atoms with E-state index in [0.717, 1.165) is 18.4 Å². The molecule has 1 aliphatic heterocycles. The number of likely N-dealkylation sites (tertiary alicyclic amines) is 1. The van der Waals surface area contributed by atoms with Crippen molar-refractivity contribution in [3.63, 3.8) is 0 Å². The van der Waals surface area contributed by atoms with Crippen LogP contribution in [0.2, 0.25) is 5.02 Å². The van der Waals surface area contributed by atoms with Crippen molar-refractivity contribution < 1.29 is 19.1 Å². The van der Waals surface area contributed by atoms with Crippen molar-refractivity contribution in [3.8, 4) is 0 Å². The molecule has 6 heteroatoms. The van der Waals surface area contributed by atoms with Crippen molar-refractivity contribution >= 4 is 23.7 Å². The first-order chi connectivity index (χ1) is 10.1. The summed E-state index contributed by atoms with van der Waals surface area (Å²) in [6, 6.07) is 6.62. The molecular formula is C15H18ClNO4. The lowest BCUT2D eigenvalue weighted by atomic mass is 10.0. The molecular weight excluding hydrogens is 294 g/mol. The van der Waals surface area contributed by atoms with Gasteiger partial charge in [0.2, 0.25) is 0 Å². The highest BCUT2D eigenvalue weighted by Gasteiger charge is 2.33. The van der Waals surface area contributed by atoms with Gasteiger partial charge in [-0.15, -0.1) is 0 Å². The van der Waals surface area contributed by atoms with Gasteiger partial charge in [0.05, 0.1) is 7.11 Å². The number of halogens is 1. The lowest BCUT2D eigenvalue weighted by Crippen LogP contribution is -2.48. The minimum atomic E-state index is -0.553. The highest BCUT2D eigenvalue weighted by atomic mass is 35.5. The molecule has 0 saturated carbocycles. The number of nitrogens with zero attached hydrogens (tertiary/aromatic N) is 1. The molecule has 1 aliphatic rings. The lowest BCUT2D eigenvalue weighted by molar-refractivity contribution is -0.147. The van der Waals surface area contributed by atoms with Gasteiger partial charge in [0.1, 0.15) is 12.6 Å². The first-order valence-corrected chi connectivity index (χ1v) is 7.26. The Bertz CT molecular complexity index is 520. The molecule has 1 heterocycles. The summed E-state index contributed by atoms with van der Waals surface area (Å²) < 4.78 is 10.0. The van der Waals surface area contributed by atoms with Gasteiger partial charge in [-0.3, -0.25) is 4.90 Å². The first-order valence-electron chi connectivity index (χ1n) is 6.88. The molecule has 0 unspecified atom stereocenters. The molecule has 1 aromatic carbocycles. The third-order valence-corrected chi connectivity index (χ3v) is 3.89. The molecule has 2 rings (SSSR count). The Balaban J connectivity index is 1.98. The number of carbonyl (C=O) groups excluding carboxylic acids is 2. The molecule has 1 fully saturated rings. The van der Waals surface area contributed by atoms with Gasteiger partial charge < -0.3 is 9.47 Å². The number of benzene rings is 1. The van der Waals surface area contributed by atoms with E-state index in [4.69, 9.17) is 21.1 Å². The van der Waals surface area contributed by atoms with Gasteiger partial charge in [-0.1, -0.05) is 29.8 Å². The number of piperidine rings is 1. The predicted molar refractivity (Wildman–Crippen MR) is 78.0 cm³/mol. The summed E-state index contributed by atoms with van der Waals surface area (Å²) in [6.45, 7) is 0.587. The fourth-order valence-electron chi connectivity index (χ4n) is 2.37. The van der Waals surface area contributed by atoms with Crippen LogP contribution < -0.4 is 0 Å². The maximum absolute atomic E-state index is 12.2. The summed E-state index contributed by atoms with van der Waals surface area (Å²) >= 11 is 6.02. The standard InChI is InChI=1S/C15H18ClNO4/c1-20-14(18)13-8-4-5-9-17(13)15(19)21-10-11-6-2-3-7-12(11)16/h2-3,6-7,13H,4-5,8-10H2,1H3/t13-/m0/s1. The van der Waals surface area contributed by atoms with E-state index in [1.54, 1.807) is 12.1 Å². The molecule has 0 radical (unpaired) electrons. The van der Waals surface area contributed by atoms with E-state index in [1.165, 1.54) is 12.0 Å². The van der Waals surface area contributed by atoms with Crippen LogP contribution >= 0.6 is 11.6 Å². The van der Waals surface area contributed by atoms with Crippen LogP contribution in [0.4, 0.5) is 4.79 Å². The molecule has 0 aliphatic carbocycles. The number of amides is 1. The molecule has 1 atom stereocenters. The van der Waals surface area contributed by atoms with Crippen molar-refractivity contribution in [3.05, 3.63) is 34.9 Å². The highest BCUT2D eigenvalue weighted by molar-refractivity contribution is 6.31. The van der Waals surface area contributed by atoms with Crippen molar-refractivity contribution in [1.82, 2.24) is 4.90 Å². The van der Waals surface area contributed by atoms with Crippen LogP contribution in [0, 0.1) is 0 Å². The second-order valence-electron chi connectivity index (χ2n) is 4.87. The number of hydrogen-bond donors (Lipinski definition) is 0. The van der Waals surface area contributed by atoms with Gasteiger partial charge in [-0.2, -0.15) is 0 Å². The lowest BCUT2D eigenvalue weighted by Gasteiger charge is -2.32. The van der Waals surface area contributed by atoms with E-state index in [1.807, 2.05) is 12.1 Å². The molecule has 21 heavy (non-hydrogen) atoms. The summed E-state index contributed by atoms with van der Waals surface area (Å²) in [5, 5.41) is 0.550. The largest absolute Gasteiger partial charge is 0.467 e. The molecule has 1 amide bonds. The van der Waals surface area contributed by atoms with Crippen molar-refractivity contribution in [2.75, 3.05) is 13.7 Å². The smallest absolute Gasteiger partial charge is 0.410 e. The Kier molecular flexibility index (Phi) is 5.44. The third kappa shape index (κ3) is 3.88. The van der Waals surface area contributed by atoms with Crippen LogP contribution in [-0.2, 0) is 20.9 Å². The average molecular weight is 312 g/mol. The minimum absolute atomic E-state index is 0.0862. The van der Waals surface area contributed by atoms with Crippen LogP contribution in [0.1, 0.15) is 24.8 Å². The van der Waals surface area contributed by atoms with Crippen LogP contribution in [0.5, 0.6) is 0 Å². The Morgan fingerprint density at radius 3 is 2.81 bits per heavy atom. The second kappa shape index (κ2) is 7.31. The fourth-order valence-corrected chi connectivity index (χ4v) is 2.56. The Labute approximate surface area is 128 Å². The monoisotopic (exact) mass is 311 g/mol. The second-order valence-corrected chi connectivity index (χ2v) is 5.28. The van der Waals surface area contributed by atoms with Crippen molar-refractivity contribution in [1.29, 1.82) is 0 Å². The summed E-state index contributed by atoms with van der Waals surface area (Å²) in [4.78, 5) is 25.3. The van der Waals surface area contributed by atoms with Crippen molar-refractivity contribution in [2.45, 2.75) is 31.9 Å². The Morgan fingerprint density at radius 1 is 1.33 bits per heavy atom. The molecule has 1 saturated heterocycles. The van der Waals surface area contributed by atoms with Gasteiger partial charge in [-0.05, 0) is 25.3 Å². The van der Waals surface area contributed by atoms with Gasteiger partial charge in [0, 0.05) is 17.1 Å². The van der Waals surface area contributed by atoms with E-state index in [-0.39, 0.29) is 6.61 Å². The quantitative estimate of drug-likeness (QED) is 0.805. The highest BCUT2D eigenvalue weighted by Crippen LogP contribution is 2.21. The number of esters is 1. The number of hydrogen-bond acceptors (Lipinski definition) is 4. The van der Waals surface area contributed by atoms with Crippen LogP contribution in [0.3, 0.4) is 0 Å². The summed E-state index contributed by atoms with van der Waals surface area (Å²) in [5.74, 6) is -0.399. The molecule has 1 aromatic rings.